The molecule has 0 fully saturated rings. The first-order valence-corrected chi connectivity index (χ1v) is 28.8. The Morgan fingerprint density at radius 3 is 1.55 bits per heavy atom. The number of nitrogens with zero attached hydrogens (tertiary/aromatic N) is 3. The summed E-state index contributed by atoms with van der Waals surface area (Å²) in [7, 11) is 0. The first-order valence-electron chi connectivity index (χ1n) is 28.8. The van der Waals surface area contributed by atoms with Crippen LogP contribution in [-0.2, 0) is 5.41 Å². The van der Waals surface area contributed by atoms with Crippen molar-refractivity contribution in [2.45, 2.75) is 26.2 Å². The Balaban J connectivity index is 1.06. The van der Waals surface area contributed by atoms with Crippen LogP contribution in [0.1, 0.15) is 38.9 Å². The highest BCUT2D eigenvalue weighted by Crippen LogP contribution is 2.70. The zero-order valence-corrected chi connectivity index (χ0v) is 45.9. The summed E-state index contributed by atoms with van der Waals surface area (Å²) in [6.45, 7) is 6.52. The molecule has 390 valence electrons. The fourth-order valence-corrected chi connectivity index (χ4v) is 15.1. The van der Waals surface area contributed by atoms with Gasteiger partial charge in [-0.2, -0.15) is 0 Å². The smallest absolute Gasteiger partial charge is 0.159 e. The van der Waals surface area contributed by atoms with E-state index in [0.717, 1.165) is 134 Å². The summed E-state index contributed by atoms with van der Waals surface area (Å²) < 4.78 is 14.3. The van der Waals surface area contributed by atoms with Crippen molar-refractivity contribution in [3.05, 3.63) is 294 Å². The number of rotatable bonds is 5. The normalized spacial score (nSPS) is 14.7. The van der Waals surface area contributed by atoms with Crippen LogP contribution in [0.25, 0.3) is 87.7 Å². The van der Waals surface area contributed by atoms with Crippen LogP contribution in [0.5, 0.6) is 0 Å². The van der Waals surface area contributed by atoms with Crippen molar-refractivity contribution >= 4 is 117 Å². The number of furan rings is 2. The summed E-state index contributed by atoms with van der Waals surface area (Å²) in [5.41, 5.74) is 25.3. The van der Waals surface area contributed by atoms with Crippen LogP contribution in [0, 0.1) is 20.8 Å². The molecule has 0 saturated heterocycles. The van der Waals surface area contributed by atoms with Crippen molar-refractivity contribution < 1.29 is 8.83 Å². The van der Waals surface area contributed by atoms with Gasteiger partial charge in [0.2, 0.25) is 0 Å². The summed E-state index contributed by atoms with van der Waals surface area (Å²) in [6, 6.07) is 94.8. The second kappa shape index (κ2) is 17.0. The monoisotopic (exact) mass is 1060 g/mol. The number of hydrogen-bond donors (Lipinski definition) is 0. The summed E-state index contributed by atoms with van der Waals surface area (Å²) in [4.78, 5) is 7.53. The number of aryl methyl sites for hydroxylation is 3. The molecular formula is C78H51N3O2. The Morgan fingerprint density at radius 2 is 0.795 bits per heavy atom. The van der Waals surface area contributed by atoms with Gasteiger partial charge < -0.3 is 23.5 Å². The number of anilines is 9. The molecule has 4 heterocycles. The summed E-state index contributed by atoms with van der Waals surface area (Å²) >= 11 is 0. The van der Waals surface area contributed by atoms with Gasteiger partial charge in [0, 0.05) is 54.8 Å². The van der Waals surface area contributed by atoms with Crippen LogP contribution >= 0.6 is 0 Å². The Morgan fingerprint density at radius 1 is 0.301 bits per heavy atom. The lowest BCUT2D eigenvalue weighted by molar-refractivity contribution is 0.665. The van der Waals surface area contributed by atoms with Gasteiger partial charge in [-0.05, 0) is 142 Å². The molecule has 1 unspecified atom stereocenters. The second-order valence-corrected chi connectivity index (χ2v) is 22.8. The van der Waals surface area contributed by atoms with Crippen molar-refractivity contribution in [2.75, 3.05) is 14.7 Å². The molecule has 4 bridgehead atoms. The zero-order valence-electron chi connectivity index (χ0n) is 45.9. The van der Waals surface area contributed by atoms with Crippen LogP contribution < -0.4 is 14.7 Å². The van der Waals surface area contributed by atoms with E-state index in [4.69, 9.17) is 8.83 Å². The molecule has 5 nitrogen and oxygen atoms in total. The Kier molecular flexibility index (Phi) is 9.43. The first kappa shape index (κ1) is 46.2. The van der Waals surface area contributed by atoms with Crippen molar-refractivity contribution in [3.63, 3.8) is 0 Å². The molecule has 1 spiro atoms. The lowest BCUT2D eigenvalue weighted by Crippen LogP contribution is -2.37. The lowest BCUT2D eigenvalue weighted by atomic mass is 9.62. The van der Waals surface area contributed by atoms with Crippen LogP contribution in [-0.4, -0.2) is 0 Å². The predicted octanol–water partition coefficient (Wildman–Crippen LogP) is 21.8. The van der Waals surface area contributed by atoms with E-state index in [1.165, 1.54) is 44.2 Å². The highest BCUT2D eigenvalue weighted by atomic mass is 16.3. The van der Waals surface area contributed by atoms with E-state index in [1.807, 2.05) is 0 Å². The Bertz CT molecular complexity index is 5300. The van der Waals surface area contributed by atoms with E-state index in [0.29, 0.717) is 0 Å². The third kappa shape index (κ3) is 6.05. The minimum atomic E-state index is -0.901. The van der Waals surface area contributed by atoms with Crippen LogP contribution in [0.15, 0.2) is 264 Å². The predicted molar refractivity (Wildman–Crippen MR) is 344 cm³/mol. The lowest BCUT2D eigenvalue weighted by Gasteiger charge is -2.46. The van der Waals surface area contributed by atoms with Crippen molar-refractivity contribution in [2.24, 2.45) is 0 Å². The zero-order chi connectivity index (χ0) is 54.8. The Hall–Kier alpha value is -10.6. The summed E-state index contributed by atoms with van der Waals surface area (Å²) in [5, 5.41) is 9.06. The average Bonchev–Trinajstić information content (AvgIpc) is 1.75. The molecule has 83 heavy (non-hydrogen) atoms. The SMILES string of the molecule is Cc1ccccc1N(c1cc2c(c3ccccc13)-c1c3cc(c4ccccc14)N(c1cccc4c1oc1c(C)cccc14)c1ccccc1-c1cccc4c1C23c1ccccc1N4c1ccccc1)c1cccc2c1oc1c(C)cccc12. The fourth-order valence-electron chi connectivity index (χ4n) is 15.1. The summed E-state index contributed by atoms with van der Waals surface area (Å²) in [6.07, 6.45) is 0. The van der Waals surface area contributed by atoms with Gasteiger partial charge in [-0.15, -0.1) is 0 Å². The molecule has 15 aromatic rings. The molecule has 3 aliphatic rings. The van der Waals surface area contributed by atoms with Gasteiger partial charge in [-0.1, -0.05) is 194 Å². The minimum Gasteiger partial charge on any atom is -0.454 e. The molecule has 18 rings (SSSR count). The molecule has 1 aliphatic carbocycles. The first-order chi connectivity index (χ1) is 41.0. The number of benzene rings is 13. The standard InChI is InChI=1S/C78H51N3O2/c1-46-22-7-14-38-63(46)80(67-42-20-35-58-56-33-17-23-47(2)74(56)82-76(58)67)69-44-61-71(53-30-10-8-27-50(53)69)72-54-31-11-9-28-51(54)70-45-62(72)78(61)60-37-13-16-40-65(60)79(49-25-5-4-6-26-49)66-41-19-32-55(73(66)78)52-29-12-15-39-64(52)81(70)68-43-21-36-59-57-34-18-24-48(3)75(57)83-77(59)68/h4-45H,1-3H3. The van der Waals surface area contributed by atoms with E-state index >= 15 is 0 Å². The van der Waals surface area contributed by atoms with E-state index in [2.05, 4.69) is 290 Å². The molecule has 0 saturated carbocycles. The van der Waals surface area contributed by atoms with Crippen molar-refractivity contribution in [1.82, 2.24) is 0 Å². The van der Waals surface area contributed by atoms with Crippen LogP contribution in [0.3, 0.4) is 0 Å². The average molecular weight is 1060 g/mol. The van der Waals surface area contributed by atoms with Gasteiger partial charge in [0.25, 0.3) is 0 Å². The van der Waals surface area contributed by atoms with E-state index < -0.39 is 5.41 Å². The molecule has 2 aliphatic heterocycles. The second-order valence-electron chi connectivity index (χ2n) is 22.8. The molecule has 0 amide bonds. The number of hydrogen-bond acceptors (Lipinski definition) is 5. The molecule has 1 atom stereocenters. The topological polar surface area (TPSA) is 36.0 Å². The molecule has 0 N–H and O–H groups in total. The maximum atomic E-state index is 7.18. The molecule has 5 heteroatoms. The van der Waals surface area contributed by atoms with Crippen LogP contribution in [0.4, 0.5) is 51.2 Å². The van der Waals surface area contributed by atoms with Gasteiger partial charge >= 0.3 is 0 Å². The van der Waals surface area contributed by atoms with Gasteiger partial charge in [-0.3, -0.25) is 0 Å². The van der Waals surface area contributed by atoms with Crippen molar-refractivity contribution in [3.8, 4) is 22.3 Å². The fraction of sp³-hybridized carbons (Fsp3) is 0.0513. The maximum Gasteiger partial charge on any atom is 0.159 e. The quantitative estimate of drug-likeness (QED) is 0.172. The highest BCUT2D eigenvalue weighted by Gasteiger charge is 2.55. The van der Waals surface area contributed by atoms with E-state index in [1.54, 1.807) is 0 Å². The number of para-hydroxylation sites is 8. The van der Waals surface area contributed by atoms with E-state index in [-0.39, 0.29) is 0 Å². The van der Waals surface area contributed by atoms with Gasteiger partial charge in [0.05, 0.1) is 45.2 Å². The summed E-state index contributed by atoms with van der Waals surface area (Å²) in [5.74, 6) is 0. The third-order valence-electron chi connectivity index (χ3n) is 18.5. The minimum absolute atomic E-state index is 0.852. The largest absolute Gasteiger partial charge is 0.454 e. The molecule has 0 radical (unpaired) electrons. The van der Waals surface area contributed by atoms with Crippen LogP contribution in [0.2, 0.25) is 0 Å². The van der Waals surface area contributed by atoms with Crippen molar-refractivity contribution in [1.29, 1.82) is 0 Å². The molecular weight excluding hydrogens is 1010 g/mol. The third-order valence-corrected chi connectivity index (χ3v) is 18.5. The highest BCUT2D eigenvalue weighted by molar-refractivity contribution is 6.22. The van der Waals surface area contributed by atoms with E-state index in [9.17, 15) is 0 Å². The molecule has 13 aromatic carbocycles. The van der Waals surface area contributed by atoms with Gasteiger partial charge in [0.1, 0.15) is 11.2 Å². The van der Waals surface area contributed by atoms with Gasteiger partial charge in [-0.25, -0.2) is 0 Å². The Labute approximate surface area is 479 Å². The molecule has 2 aromatic heterocycles. The maximum absolute atomic E-state index is 7.18. The van der Waals surface area contributed by atoms with Gasteiger partial charge in [0.15, 0.2) is 11.2 Å². The number of fused-ring (bicyclic) bond motifs is 12.